The highest BCUT2D eigenvalue weighted by Crippen LogP contribution is 2.31. The molecule has 0 saturated carbocycles. The molecular formula is C20H15ClN2O. The van der Waals surface area contributed by atoms with Crippen molar-refractivity contribution >= 4 is 22.6 Å². The van der Waals surface area contributed by atoms with Gasteiger partial charge in [0.1, 0.15) is 11.6 Å². The van der Waals surface area contributed by atoms with E-state index in [2.05, 4.69) is 16.7 Å². The fourth-order valence-electron chi connectivity index (χ4n) is 2.84. The summed E-state index contributed by atoms with van der Waals surface area (Å²) in [4.78, 5) is 4.82. The van der Waals surface area contributed by atoms with Crippen LogP contribution in [0.5, 0.6) is 5.75 Å². The van der Waals surface area contributed by atoms with Crippen molar-refractivity contribution in [2.75, 3.05) is 7.11 Å². The van der Waals surface area contributed by atoms with Crippen molar-refractivity contribution in [3.63, 3.8) is 0 Å². The Kier molecular flexibility index (Phi) is 3.71. The number of methoxy groups -OCH3 is 1. The summed E-state index contributed by atoms with van der Waals surface area (Å²) in [5, 5.41) is 0.691. The summed E-state index contributed by atoms with van der Waals surface area (Å²) in [6, 6.07) is 23.8. The maximum atomic E-state index is 6.18. The second-order valence-electron chi connectivity index (χ2n) is 5.47. The second-order valence-corrected chi connectivity index (χ2v) is 5.91. The quantitative estimate of drug-likeness (QED) is 0.504. The number of halogens is 1. The van der Waals surface area contributed by atoms with Gasteiger partial charge in [-0.15, -0.1) is 0 Å². The lowest BCUT2D eigenvalue weighted by Crippen LogP contribution is -1.97. The summed E-state index contributed by atoms with van der Waals surface area (Å²) >= 11 is 6.18. The Hall–Kier alpha value is -2.78. The predicted molar refractivity (Wildman–Crippen MR) is 98.1 cm³/mol. The Labute approximate surface area is 145 Å². The number of hydrogen-bond acceptors (Lipinski definition) is 2. The van der Waals surface area contributed by atoms with E-state index in [1.165, 1.54) is 0 Å². The number of hydrogen-bond donors (Lipinski definition) is 0. The SMILES string of the molecule is COc1ccc2nc(-c3cccc(Cl)c3)n(-c3ccccc3)c2c1. The van der Waals surface area contributed by atoms with Crippen molar-refractivity contribution in [1.29, 1.82) is 0 Å². The Balaban J connectivity index is 2.06. The van der Waals surface area contributed by atoms with Gasteiger partial charge in [-0.3, -0.25) is 4.57 Å². The van der Waals surface area contributed by atoms with Gasteiger partial charge >= 0.3 is 0 Å². The minimum absolute atomic E-state index is 0.691. The molecule has 0 atom stereocenters. The van der Waals surface area contributed by atoms with Crippen LogP contribution in [0.4, 0.5) is 0 Å². The van der Waals surface area contributed by atoms with Gasteiger partial charge in [0.25, 0.3) is 0 Å². The van der Waals surface area contributed by atoms with Gasteiger partial charge in [0.05, 0.1) is 18.1 Å². The van der Waals surface area contributed by atoms with E-state index >= 15 is 0 Å². The molecule has 118 valence electrons. The summed E-state index contributed by atoms with van der Waals surface area (Å²) in [5.74, 6) is 1.66. The number of nitrogens with zero attached hydrogens (tertiary/aromatic N) is 2. The summed E-state index contributed by atoms with van der Waals surface area (Å²) in [5.41, 5.74) is 3.93. The van der Waals surface area contributed by atoms with E-state index in [4.69, 9.17) is 21.3 Å². The topological polar surface area (TPSA) is 27.1 Å². The average molecular weight is 335 g/mol. The van der Waals surface area contributed by atoms with E-state index < -0.39 is 0 Å². The largest absolute Gasteiger partial charge is 0.497 e. The normalized spacial score (nSPS) is 10.9. The van der Waals surface area contributed by atoms with Gasteiger partial charge in [-0.25, -0.2) is 4.98 Å². The highest BCUT2D eigenvalue weighted by atomic mass is 35.5. The molecule has 1 aromatic heterocycles. The minimum Gasteiger partial charge on any atom is -0.497 e. The zero-order valence-electron chi connectivity index (χ0n) is 13.1. The number of aromatic nitrogens is 2. The van der Waals surface area contributed by atoms with Crippen LogP contribution >= 0.6 is 11.6 Å². The number of ether oxygens (including phenoxy) is 1. The molecule has 4 heteroatoms. The predicted octanol–water partition coefficient (Wildman–Crippen LogP) is 5.35. The third kappa shape index (κ3) is 2.53. The van der Waals surface area contributed by atoms with Gasteiger partial charge in [0.2, 0.25) is 0 Å². The average Bonchev–Trinajstić information content (AvgIpc) is 3.01. The standard InChI is InChI=1S/C20H15ClN2O/c1-24-17-10-11-18-19(13-17)23(16-8-3-2-4-9-16)20(22-18)14-6-5-7-15(21)12-14/h2-13H,1H3. The molecule has 3 nitrogen and oxygen atoms in total. The molecule has 0 bridgehead atoms. The van der Waals surface area contributed by atoms with Crippen LogP contribution in [0.2, 0.25) is 5.02 Å². The summed E-state index contributed by atoms with van der Waals surface area (Å²) < 4.78 is 7.51. The number of rotatable bonds is 3. The number of benzene rings is 3. The fraction of sp³-hybridized carbons (Fsp3) is 0.0500. The lowest BCUT2D eigenvalue weighted by molar-refractivity contribution is 0.415. The Bertz CT molecular complexity index is 1010. The van der Waals surface area contributed by atoms with Crippen LogP contribution in [0.25, 0.3) is 28.1 Å². The maximum Gasteiger partial charge on any atom is 0.145 e. The van der Waals surface area contributed by atoms with Gasteiger partial charge < -0.3 is 4.74 Å². The molecule has 0 radical (unpaired) electrons. The monoisotopic (exact) mass is 334 g/mol. The van der Waals surface area contributed by atoms with E-state index in [9.17, 15) is 0 Å². The number of fused-ring (bicyclic) bond motifs is 1. The van der Waals surface area contributed by atoms with Gasteiger partial charge in [-0.05, 0) is 36.4 Å². The molecule has 4 aromatic rings. The molecule has 0 unspecified atom stereocenters. The molecule has 0 aliphatic carbocycles. The lowest BCUT2D eigenvalue weighted by Gasteiger charge is -2.10. The van der Waals surface area contributed by atoms with E-state index in [1.807, 2.05) is 60.7 Å². The smallest absolute Gasteiger partial charge is 0.145 e. The molecule has 24 heavy (non-hydrogen) atoms. The molecule has 0 amide bonds. The van der Waals surface area contributed by atoms with E-state index in [0.29, 0.717) is 5.02 Å². The second kappa shape index (κ2) is 6.02. The molecule has 0 saturated heterocycles. The van der Waals surface area contributed by atoms with Gasteiger partial charge in [-0.2, -0.15) is 0 Å². The van der Waals surface area contributed by atoms with E-state index in [1.54, 1.807) is 7.11 Å². The first-order valence-corrected chi connectivity index (χ1v) is 8.02. The van der Waals surface area contributed by atoms with E-state index in [0.717, 1.165) is 33.9 Å². The molecule has 1 heterocycles. The van der Waals surface area contributed by atoms with Gasteiger partial charge in [0.15, 0.2) is 0 Å². The van der Waals surface area contributed by atoms with Gasteiger partial charge in [-0.1, -0.05) is 41.9 Å². The van der Waals surface area contributed by atoms with Crippen LogP contribution in [0.3, 0.4) is 0 Å². The Morgan fingerprint density at radius 1 is 0.917 bits per heavy atom. The highest BCUT2D eigenvalue weighted by molar-refractivity contribution is 6.30. The fourth-order valence-corrected chi connectivity index (χ4v) is 3.03. The highest BCUT2D eigenvalue weighted by Gasteiger charge is 2.15. The van der Waals surface area contributed by atoms with Gasteiger partial charge in [0, 0.05) is 22.3 Å². The third-order valence-electron chi connectivity index (χ3n) is 3.96. The zero-order chi connectivity index (χ0) is 16.5. The summed E-state index contributed by atoms with van der Waals surface area (Å²) in [7, 11) is 1.67. The third-order valence-corrected chi connectivity index (χ3v) is 4.19. The van der Waals surface area contributed by atoms with Crippen LogP contribution in [-0.2, 0) is 0 Å². The van der Waals surface area contributed by atoms with Crippen molar-refractivity contribution in [3.05, 3.63) is 77.8 Å². The van der Waals surface area contributed by atoms with Crippen molar-refractivity contribution in [2.24, 2.45) is 0 Å². The van der Waals surface area contributed by atoms with Crippen molar-refractivity contribution in [1.82, 2.24) is 9.55 Å². The summed E-state index contributed by atoms with van der Waals surface area (Å²) in [6.07, 6.45) is 0. The number of para-hydroxylation sites is 1. The molecule has 0 aliphatic heterocycles. The number of imidazole rings is 1. The minimum atomic E-state index is 0.691. The van der Waals surface area contributed by atoms with Crippen LogP contribution in [-0.4, -0.2) is 16.7 Å². The molecule has 3 aromatic carbocycles. The molecule has 0 fully saturated rings. The van der Waals surface area contributed by atoms with Crippen LogP contribution in [0.15, 0.2) is 72.8 Å². The zero-order valence-corrected chi connectivity index (χ0v) is 13.9. The first-order valence-electron chi connectivity index (χ1n) is 7.64. The molecule has 0 aliphatic rings. The van der Waals surface area contributed by atoms with Crippen molar-refractivity contribution in [3.8, 4) is 22.8 Å². The Morgan fingerprint density at radius 3 is 2.50 bits per heavy atom. The molecular weight excluding hydrogens is 320 g/mol. The van der Waals surface area contributed by atoms with Crippen LogP contribution in [0, 0.1) is 0 Å². The molecule has 4 rings (SSSR count). The lowest BCUT2D eigenvalue weighted by atomic mass is 10.2. The molecule has 0 N–H and O–H groups in total. The maximum absolute atomic E-state index is 6.18. The van der Waals surface area contributed by atoms with Crippen molar-refractivity contribution < 1.29 is 4.74 Å². The first kappa shape index (κ1) is 14.8. The summed E-state index contributed by atoms with van der Waals surface area (Å²) in [6.45, 7) is 0. The molecule has 0 spiro atoms. The first-order chi connectivity index (χ1) is 11.8. The van der Waals surface area contributed by atoms with E-state index in [-0.39, 0.29) is 0 Å². The van der Waals surface area contributed by atoms with Crippen LogP contribution < -0.4 is 4.74 Å². The van der Waals surface area contributed by atoms with Crippen LogP contribution in [0.1, 0.15) is 0 Å². The Morgan fingerprint density at radius 2 is 1.75 bits per heavy atom. The van der Waals surface area contributed by atoms with Crippen molar-refractivity contribution in [2.45, 2.75) is 0 Å².